The van der Waals surface area contributed by atoms with Crippen LogP contribution in [0.2, 0.25) is 0 Å². The van der Waals surface area contributed by atoms with Crippen LogP contribution >= 0.6 is 0 Å². The third-order valence-corrected chi connectivity index (χ3v) is 2.73. The summed E-state index contributed by atoms with van der Waals surface area (Å²) in [5, 5.41) is 10.3. The Morgan fingerprint density at radius 2 is 2.00 bits per heavy atom. The molecule has 0 spiro atoms. The normalized spacial score (nSPS) is 11.7. The van der Waals surface area contributed by atoms with Gasteiger partial charge in [-0.25, -0.2) is 9.86 Å². The number of nitriles is 1. The number of amides is 2. The smallest absolute Gasteiger partial charge is 0.307 e. The molecule has 104 valence electrons. The van der Waals surface area contributed by atoms with Gasteiger partial charge in [0.05, 0.1) is 12.7 Å². The van der Waals surface area contributed by atoms with Crippen LogP contribution in [0, 0.1) is 11.3 Å². The van der Waals surface area contributed by atoms with E-state index in [0.717, 1.165) is 19.3 Å². The number of hydrogen-bond acceptors (Lipinski definition) is 3. The molecular formula is C13H25N3O2. The van der Waals surface area contributed by atoms with Crippen LogP contribution in [0.5, 0.6) is 0 Å². The van der Waals surface area contributed by atoms with Crippen LogP contribution in [0.4, 0.5) is 4.79 Å². The molecule has 5 heteroatoms. The Morgan fingerprint density at radius 3 is 2.44 bits per heavy atom. The van der Waals surface area contributed by atoms with E-state index in [1.54, 1.807) is 11.9 Å². The number of rotatable bonds is 8. The quantitative estimate of drug-likeness (QED) is 0.495. The van der Waals surface area contributed by atoms with E-state index in [1.165, 1.54) is 5.06 Å². The Morgan fingerprint density at radius 1 is 1.33 bits per heavy atom. The van der Waals surface area contributed by atoms with Crippen molar-refractivity contribution < 1.29 is 9.63 Å². The predicted molar refractivity (Wildman–Crippen MR) is 70.7 cm³/mol. The minimum atomic E-state index is -0.371. The van der Waals surface area contributed by atoms with Crippen LogP contribution in [0.15, 0.2) is 0 Å². The number of urea groups is 1. The van der Waals surface area contributed by atoms with Gasteiger partial charge in [0, 0.05) is 13.6 Å². The fourth-order valence-corrected chi connectivity index (χ4v) is 1.63. The van der Waals surface area contributed by atoms with Crippen LogP contribution in [-0.2, 0) is 4.84 Å². The van der Waals surface area contributed by atoms with Gasteiger partial charge < -0.3 is 4.90 Å². The Labute approximate surface area is 110 Å². The van der Waals surface area contributed by atoms with E-state index >= 15 is 0 Å². The number of hydrogen-bond donors (Lipinski definition) is 0. The van der Waals surface area contributed by atoms with Crippen molar-refractivity contribution in [1.82, 2.24) is 9.96 Å². The van der Waals surface area contributed by atoms with E-state index in [-0.39, 0.29) is 12.1 Å². The van der Waals surface area contributed by atoms with Crippen LogP contribution < -0.4 is 0 Å². The monoisotopic (exact) mass is 255 g/mol. The van der Waals surface area contributed by atoms with E-state index in [9.17, 15) is 4.79 Å². The van der Waals surface area contributed by atoms with Crippen molar-refractivity contribution in [3.8, 4) is 6.07 Å². The molecule has 0 fully saturated rings. The fourth-order valence-electron chi connectivity index (χ4n) is 1.63. The number of hydroxylamine groups is 2. The third-order valence-electron chi connectivity index (χ3n) is 2.73. The molecule has 0 aliphatic carbocycles. The molecule has 0 bridgehead atoms. The highest BCUT2D eigenvalue weighted by Gasteiger charge is 2.24. The number of unbranched alkanes of at least 4 members (excludes halogenated alkanes) is 1. The average Bonchev–Trinajstić information content (AvgIpc) is 2.38. The first-order valence-corrected chi connectivity index (χ1v) is 6.69. The second-order valence-corrected chi connectivity index (χ2v) is 4.19. The molecule has 2 amide bonds. The second kappa shape index (κ2) is 9.72. The predicted octanol–water partition coefficient (Wildman–Crippen LogP) is 2.78. The van der Waals surface area contributed by atoms with Gasteiger partial charge >= 0.3 is 6.03 Å². The Hall–Kier alpha value is -1.28. The summed E-state index contributed by atoms with van der Waals surface area (Å²) in [4.78, 5) is 19.0. The number of carbonyl (C=O) groups excluding carboxylic acids is 1. The highest BCUT2D eigenvalue weighted by atomic mass is 16.7. The summed E-state index contributed by atoms with van der Waals surface area (Å²) in [6.07, 6.45) is 3.51. The number of nitrogens with zero attached hydrogens (tertiary/aromatic N) is 3. The first kappa shape index (κ1) is 16.7. The first-order valence-electron chi connectivity index (χ1n) is 6.69. The summed E-state index contributed by atoms with van der Waals surface area (Å²) in [5.41, 5.74) is 0. The summed E-state index contributed by atoms with van der Waals surface area (Å²) in [6, 6.07) is 1.57. The SMILES string of the molecule is CCCCON(C)C(=O)N(CC)[C@H](C#N)CCC. The summed E-state index contributed by atoms with van der Waals surface area (Å²) in [7, 11) is 1.60. The molecule has 0 aromatic heterocycles. The summed E-state index contributed by atoms with van der Waals surface area (Å²) >= 11 is 0. The van der Waals surface area contributed by atoms with Crippen molar-refractivity contribution in [3.05, 3.63) is 0 Å². The van der Waals surface area contributed by atoms with E-state index in [1.807, 2.05) is 13.8 Å². The molecule has 0 N–H and O–H groups in total. The second-order valence-electron chi connectivity index (χ2n) is 4.19. The molecule has 0 aromatic carbocycles. The van der Waals surface area contributed by atoms with Gasteiger partial charge in [-0.3, -0.25) is 4.84 Å². The lowest BCUT2D eigenvalue weighted by molar-refractivity contribution is -0.109. The molecule has 0 heterocycles. The standard InChI is InChI=1S/C13H25N3O2/c1-5-8-10-18-15(4)13(17)16(7-3)12(11-14)9-6-2/h12H,5-10H2,1-4H3/t12-/m0/s1. The molecule has 0 rings (SSSR count). The lowest BCUT2D eigenvalue weighted by Crippen LogP contribution is -2.46. The minimum absolute atomic E-state index is 0.242. The molecule has 18 heavy (non-hydrogen) atoms. The van der Waals surface area contributed by atoms with Gasteiger partial charge in [0.2, 0.25) is 0 Å². The summed E-state index contributed by atoms with van der Waals surface area (Å²) < 4.78 is 0. The lowest BCUT2D eigenvalue weighted by Gasteiger charge is -2.29. The van der Waals surface area contributed by atoms with Crippen LogP contribution in [0.1, 0.15) is 46.5 Å². The van der Waals surface area contributed by atoms with E-state index < -0.39 is 0 Å². The maximum atomic E-state index is 12.1. The Bertz CT molecular complexity index is 276. The third kappa shape index (κ3) is 5.37. The topological polar surface area (TPSA) is 56.6 Å². The largest absolute Gasteiger partial charge is 0.344 e. The van der Waals surface area contributed by atoms with Gasteiger partial charge in [-0.05, 0) is 19.8 Å². The molecule has 0 saturated carbocycles. The van der Waals surface area contributed by atoms with Gasteiger partial charge in [-0.1, -0.05) is 26.7 Å². The maximum absolute atomic E-state index is 12.1. The highest BCUT2D eigenvalue weighted by molar-refractivity contribution is 5.73. The zero-order chi connectivity index (χ0) is 14.0. The van der Waals surface area contributed by atoms with Crippen molar-refractivity contribution >= 4 is 6.03 Å². The van der Waals surface area contributed by atoms with Crippen LogP contribution in [0.3, 0.4) is 0 Å². The maximum Gasteiger partial charge on any atom is 0.344 e. The van der Waals surface area contributed by atoms with Gasteiger partial charge in [0.25, 0.3) is 0 Å². The van der Waals surface area contributed by atoms with E-state index in [2.05, 4.69) is 13.0 Å². The Kier molecular flexibility index (Phi) is 9.03. The van der Waals surface area contributed by atoms with Crippen LogP contribution in [-0.4, -0.2) is 42.2 Å². The average molecular weight is 255 g/mol. The first-order chi connectivity index (χ1) is 8.62. The highest BCUT2D eigenvalue weighted by Crippen LogP contribution is 2.09. The molecule has 0 saturated heterocycles. The van der Waals surface area contributed by atoms with Gasteiger partial charge in [-0.15, -0.1) is 0 Å². The fraction of sp³-hybridized carbons (Fsp3) is 0.846. The Balaban J connectivity index is 4.44. The van der Waals surface area contributed by atoms with Crippen molar-refractivity contribution in [2.24, 2.45) is 0 Å². The molecule has 0 aromatic rings. The molecule has 5 nitrogen and oxygen atoms in total. The molecule has 0 radical (unpaired) electrons. The molecule has 0 unspecified atom stereocenters. The lowest BCUT2D eigenvalue weighted by atomic mass is 10.1. The van der Waals surface area contributed by atoms with Crippen molar-refractivity contribution in [2.45, 2.75) is 52.5 Å². The van der Waals surface area contributed by atoms with Crippen molar-refractivity contribution in [3.63, 3.8) is 0 Å². The summed E-state index contributed by atoms with van der Waals surface area (Å²) in [5.74, 6) is 0. The van der Waals surface area contributed by atoms with Gasteiger partial charge in [0.1, 0.15) is 6.04 Å². The van der Waals surface area contributed by atoms with Crippen molar-refractivity contribution in [2.75, 3.05) is 20.2 Å². The number of carbonyl (C=O) groups is 1. The van der Waals surface area contributed by atoms with E-state index in [0.29, 0.717) is 19.6 Å². The zero-order valence-electron chi connectivity index (χ0n) is 12.0. The molecule has 0 aliphatic rings. The van der Waals surface area contributed by atoms with Gasteiger partial charge in [0.15, 0.2) is 0 Å². The molecule has 1 atom stereocenters. The van der Waals surface area contributed by atoms with Crippen LogP contribution in [0.25, 0.3) is 0 Å². The van der Waals surface area contributed by atoms with Gasteiger partial charge in [-0.2, -0.15) is 5.26 Å². The van der Waals surface area contributed by atoms with E-state index in [4.69, 9.17) is 10.1 Å². The summed E-state index contributed by atoms with van der Waals surface area (Å²) in [6.45, 7) is 6.98. The molecule has 0 aliphatic heterocycles. The zero-order valence-corrected chi connectivity index (χ0v) is 12.0. The minimum Gasteiger partial charge on any atom is -0.307 e. The molecular weight excluding hydrogens is 230 g/mol. The van der Waals surface area contributed by atoms with Crippen molar-refractivity contribution in [1.29, 1.82) is 5.26 Å².